The minimum Gasteiger partial charge on any atom is -0.331 e. The molecule has 0 unspecified atom stereocenters. The smallest absolute Gasteiger partial charge is 0.0951 e. The van der Waals surface area contributed by atoms with Gasteiger partial charge in [-0.3, -0.25) is 0 Å². The second kappa shape index (κ2) is 7.68. The van der Waals surface area contributed by atoms with E-state index in [0.29, 0.717) is 11.5 Å². The Hall–Kier alpha value is -0.830. The Balaban J connectivity index is 2.34. The third-order valence-corrected chi connectivity index (χ3v) is 3.67. The van der Waals surface area contributed by atoms with Crippen molar-refractivity contribution in [1.82, 2.24) is 14.9 Å². The molecule has 3 nitrogen and oxygen atoms in total. The van der Waals surface area contributed by atoms with Crippen LogP contribution < -0.4 is 5.32 Å². The molecule has 19 heavy (non-hydrogen) atoms. The molecule has 0 spiro atoms. The summed E-state index contributed by atoms with van der Waals surface area (Å²) in [6.07, 6.45) is 9.19. The molecule has 0 aliphatic carbocycles. The molecule has 1 aromatic heterocycles. The van der Waals surface area contributed by atoms with E-state index in [1.165, 1.54) is 31.4 Å². The number of nitrogens with one attached hydrogen (secondary N) is 1. The van der Waals surface area contributed by atoms with E-state index in [2.05, 4.69) is 49.5 Å². The van der Waals surface area contributed by atoms with Crippen LogP contribution in [-0.2, 0) is 6.54 Å². The number of nitrogens with zero attached hydrogens (tertiary/aromatic N) is 2. The molecule has 0 bridgehead atoms. The summed E-state index contributed by atoms with van der Waals surface area (Å²) in [6, 6.07) is 0.483. The van der Waals surface area contributed by atoms with E-state index in [4.69, 9.17) is 0 Å². The maximum atomic E-state index is 4.24. The predicted molar refractivity (Wildman–Crippen MR) is 82.2 cm³/mol. The Bertz CT molecular complexity index is 353. The van der Waals surface area contributed by atoms with Gasteiger partial charge in [0.05, 0.1) is 12.0 Å². The number of imidazole rings is 1. The largest absolute Gasteiger partial charge is 0.331 e. The molecule has 3 heteroatoms. The van der Waals surface area contributed by atoms with Crippen molar-refractivity contribution >= 4 is 0 Å². The van der Waals surface area contributed by atoms with Gasteiger partial charge in [0, 0.05) is 25.3 Å². The van der Waals surface area contributed by atoms with Crippen LogP contribution in [0.25, 0.3) is 0 Å². The SMILES string of the molecule is CCCCCC(C)(C)CNCc1cncn1C(C)C. The van der Waals surface area contributed by atoms with Crippen molar-refractivity contribution in [3.8, 4) is 0 Å². The number of rotatable bonds is 9. The van der Waals surface area contributed by atoms with E-state index in [1.807, 2.05) is 12.5 Å². The molecule has 0 fully saturated rings. The summed E-state index contributed by atoms with van der Waals surface area (Å²) in [5.41, 5.74) is 1.66. The van der Waals surface area contributed by atoms with Crippen molar-refractivity contribution in [1.29, 1.82) is 0 Å². The zero-order valence-electron chi connectivity index (χ0n) is 13.4. The van der Waals surface area contributed by atoms with Gasteiger partial charge in [-0.05, 0) is 25.7 Å². The lowest BCUT2D eigenvalue weighted by Crippen LogP contribution is -2.29. The van der Waals surface area contributed by atoms with Gasteiger partial charge in [0.15, 0.2) is 0 Å². The summed E-state index contributed by atoms with van der Waals surface area (Å²) in [7, 11) is 0. The summed E-state index contributed by atoms with van der Waals surface area (Å²) in [4.78, 5) is 4.24. The first-order chi connectivity index (χ1) is 8.96. The average Bonchev–Trinajstić information content (AvgIpc) is 2.77. The van der Waals surface area contributed by atoms with Crippen LogP contribution in [0, 0.1) is 5.41 Å². The highest BCUT2D eigenvalue weighted by Gasteiger charge is 2.17. The molecule has 0 aliphatic rings. The van der Waals surface area contributed by atoms with Gasteiger partial charge in [0.25, 0.3) is 0 Å². The van der Waals surface area contributed by atoms with Crippen molar-refractivity contribution in [2.45, 2.75) is 72.9 Å². The third kappa shape index (κ3) is 5.77. The van der Waals surface area contributed by atoms with Crippen LogP contribution >= 0.6 is 0 Å². The third-order valence-electron chi connectivity index (χ3n) is 3.67. The normalized spacial score (nSPS) is 12.3. The zero-order valence-corrected chi connectivity index (χ0v) is 13.4. The summed E-state index contributed by atoms with van der Waals surface area (Å²) in [5.74, 6) is 0. The molecule has 0 saturated heterocycles. The van der Waals surface area contributed by atoms with E-state index in [-0.39, 0.29) is 0 Å². The number of hydrogen-bond donors (Lipinski definition) is 1. The Morgan fingerprint density at radius 1 is 1.32 bits per heavy atom. The maximum Gasteiger partial charge on any atom is 0.0951 e. The molecule has 1 rings (SSSR count). The van der Waals surface area contributed by atoms with Crippen molar-refractivity contribution in [2.75, 3.05) is 6.54 Å². The van der Waals surface area contributed by atoms with E-state index < -0.39 is 0 Å². The molecule has 0 saturated carbocycles. The quantitative estimate of drug-likeness (QED) is 0.679. The van der Waals surface area contributed by atoms with Crippen molar-refractivity contribution in [3.05, 3.63) is 18.2 Å². The van der Waals surface area contributed by atoms with Gasteiger partial charge in [-0.25, -0.2) is 4.98 Å². The minimum absolute atomic E-state index is 0.387. The second-order valence-electron chi connectivity index (χ2n) is 6.61. The highest BCUT2D eigenvalue weighted by molar-refractivity contribution is 4.99. The maximum absolute atomic E-state index is 4.24. The Labute approximate surface area is 118 Å². The Morgan fingerprint density at radius 2 is 2.05 bits per heavy atom. The van der Waals surface area contributed by atoms with Crippen LogP contribution in [0.5, 0.6) is 0 Å². The number of unbranched alkanes of at least 4 members (excludes halogenated alkanes) is 2. The first kappa shape index (κ1) is 16.2. The summed E-state index contributed by atoms with van der Waals surface area (Å²) < 4.78 is 2.23. The van der Waals surface area contributed by atoms with Gasteiger partial charge >= 0.3 is 0 Å². The Morgan fingerprint density at radius 3 is 2.68 bits per heavy atom. The van der Waals surface area contributed by atoms with E-state index >= 15 is 0 Å². The standard InChI is InChI=1S/C16H31N3/c1-6-7-8-9-16(4,5)12-17-10-15-11-18-13-19(15)14(2)3/h11,13-14,17H,6-10,12H2,1-5H3. The van der Waals surface area contributed by atoms with Crippen LogP contribution in [0.1, 0.15) is 72.0 Å². The molecule has 0 radical (unpaired) electrons. The van der Waals surface area contributed by atoms with Crippen LogP contribution in [-0.4, -0.2) is 16.1 Å². The fourth-order valence-corrected chi connectivity index (χ4v) is 2.40. The zero-order chi connectivity index (χ0) is 14.3. The van der Waals surface area contributed by atoms with Crippen molar-refractivity contribution in [2.24, 2.45) is 5.41 Å². The minimum atomic E-state index is 0.387. The van der Waals surface area contributed by atoms with Gasteiger partial charge in [-0.15, -0.1) is 0 Å². The van der Waals surface area contributed by atoms with Crippen LogP contribution in [0.2, 0.25) is 0 Å². The highest BCUT2D eigenvalue weighted by atomic mass is 15.1. The molecule has 0 amide bonds. The molecule has 110 valence electrons. The fraction of sp³-hybridized carbons (Fsp3) is 0.812. The molecule has 1 heterocycles. The van der Waals surface area contributed by atoms with Crippen LogP contribution in [0.15, 0.2) is 12.5 Å². The van der Waals surface area contributed by atoms with Gasteiger partial charge < -0.3 is 9.88 Å². The lowest BCUT2D eigenvalue weighted by molar-refractivity contribution is 0.300. The van der Waals surface area contributed by atoms with Crippen LogP contribution in [0.4, 0.5) is 0 Å². The molecular formula is C16H31N3. The Kier molecular flexibility index (Phi) is 6.56. The molecular weight excluding hydrogens is 234 g/mol. The van der Waals surface area contributed by atoms with Gasteiger partial charge in [-0.2, -0.15) is 0 Å². The van der Waals surface area contributed by atoms with E-state index in [9.17, 15) is 0 Å². The highest BCUT2D eigenvalue weighted by Crippen LogP contribution is 2.22. The summed E-state index contributed by atoms with van der Waals surface area (Å²) in [5, 5.41) is 3.59. The molecule has 0 atom stereocenters. The average molecular weight is 265 g/mol. The monoisotopic (exact) mass is 265 g/mol. The lowest BCUT2D eigenvalue weighted by atomic mass is 9.87. The number of hydrogen-bond acceptors (Lipinski definition) is 2. The first-order valence-electron chi connectivity index (χ1n) is 7.67. The van der Waals surface area contributed by atoms with E-state index in [0.717, 1.165) is 13.1 Å². The predicted octanol–water partition coefficient (Wildman–Crippen LogP) is 4.16. The lowest BCUT2D eigenvalue weighted by Gasteiger charge is -2.25. The van der Waals surface area contributed by atoms with E-state index in [1.54, 1.807) is 0 Å². The summed E-state index contributed by atoms with van der Waals surface area (Å²) in [6.45, 7) is 13.3. The molecule has 0 aliphatic heterocycles. The van der Waals surface area contributed by atoms with Gasteiger partial charge in [0.2, 0.25) is 0 Å². The number of aromatic nitrogens is 2. The topological polar surface area (TPSA) is 29.9 Å². The van der Waals surface area contributed by atoms with Crippen molar-refractivity contribution < 1.29 is 0 Å². The molecule has 1 N–H and O–H groups in total. The summed E-state index contributed by atoms with van der Waals surface area (Å²) >= 11 is 0. The first-order valence-corrected chi connectivity index (χ1v) is 7.67. The second-order valence-corrected chi connectivity index (χ2v) is 6.61. The van der Waals surface area contributed by atoms with Crippen LogP contribution in [0.3, 0.4) is 0 Å². The van der Waals surface area contributed by atoms with Crippen molar-refractivity contribution in [3.63, 3.8) is 0 Å². The van der Waals surface area contributed by atoms with Gasteiger partial charge in [0.1, 0.15) is 0 Å². The fourth-order valence-electron chi connectivity index (χ4n) is 2.40. The molecule has 1 aromatic rings. The molecule has 0 aromatic carbocycles. The van der Waals surface area contributed by atoms with Gasteiger partial charge in [-0.1, -0.05) is 40.0 Å².